The van der Waals surface area contributed by atoms with Crippen molar-refractivity contribution in [1.82, 2.24) is 0 Å². The number of rotatable bonds is 2. The SMILES string of the molecule is C=Cc1cc(-c2ccc(C)cc2)c2ccccc2c1. The summed E-state index contributed by atoms with van der Waals surface area (Å²) in [4.78, 5) is 0. The molecular weight excluding hydrogens is 228 g/mol. The third-order valence-corrected chi connectivity index (χ3v) is 3.48. The topological polar surface area (TPSA) is 0 Å². The van der Waals surface area contributed by atoms with Gasteiger partial charge in [-0.2, -0.15) is 0 Å². The Balaban J connectivity index is 2.32. The first kappa shape index (κ1) is 11.7. The smallest absolute Gasteiger partial charge is 0.00995 e. The molecule has 92 valence electrons. The van der Waals surface area contributed by atoms with Gasteiger partial charge in [-0.1, -0.05) is 66.7 Å². The molecule has 3 rings (SSSR count). The summed E-state index contributed by atoms with van der Waals surface area (Å²) in [7, 11) is 0. The Bertz CT molecular complexity index is 734. The molecule has 0 nitrogen and oxygen atoms in total. The van der Waals surface area contributed by atoms with E-state index in [1.54, 1.807) is 0 Å². The molecule has 0 amide bonds. The summed E-state index contributed by atoms with van der Waals surface area (Å²) in [5.74, 6) is 0. The second-order valence-electron chi connectivity index (χ2n) is 4.86. The summed E-state index contributed by atoms with van der Waals surface area (Å²) in [6.45, 7) is 6.00. The van der Waals surface area contributed by atoms with Crippen molar-refractivity contribution in [1.29, 1.82) is 0 Å². The van der Waals surface area contributed by atoms with Crippen LogP contribution in [0.2, 0.25) is 0 Å². The predicted molar refractivity (Wildman–Crippen MR) is 84.2 cm³/mol. The standard InChI is InChI=1S/C19H16/c1-3-15-12-17-6-4-5-7-18(17)19(13-15)16-10-8-14(2)9-11-16/h3-13H,1H2,2H3. The lowest BCUT2D eigenvalue weighted by atomic mass is 9.95. The van der Waals surface area contributed by atoms with Crippen molar-refractivity contribution < 1.29 is 0 Å². The van der Waals surface area contributed by atoms with E-state index in [4.69, 9.17) is 0 Å². The van der Waals surface area contributed by atoms with E-state index in [9.17, 15) is 0 Å². The van der Waals surface area contributed by atoms with Crippen LogP contribution >= 0.6 is 0 Å². The first-order valence-corrected chi connectivity index (χ1v) is 6.50. The predicted octanol–water partition coefficient (Wildman–Crippen LogP) is 5.46. The van der Waals surface area contributed by atoms with Gasteiger partial charge in [-0.05, 0) is 46.5 Å². The molecule has 0 aliphatic heterocycles. The number of fused-ring (bicyclic) bond motifs is 1. The van der Waals surface area contributed by atoms with Crippen LogP contribution < -0.4 is 0 Å². The molecule has 0 N–H and O–H groups in total. The highest BCUT2D eigenvalue weighted by molar-refractivity contribution is 5.98. The van der Waals surface area contributed by atoms with Crippen LogP contribution in [0.3, 0.4) is 0 Å². The maximum Gasteiger partial charge on any atom is -0.00995 e. The van der Waals surface area contributed by atoms with Gasteiger partial charge in [0, 0.05) is 0 Å². The summed E-state index contributed by atoms with van der Waals surface area (Å²) in [5, 5.41) is 2.55. The highest BCUT2D eigenvalue weighted by atomic mass is 14.1. The van der Waals surface area contributed by atoms with Gasteiger partial charge in [0.05, 0.1) is 0 Å². The van der Waals surface area contributed by atoms with E-state index in [1.807, 2.05) is 6.08 Å². The lowest BCUT2D eigenvalue weighted by Crippen LogP contribution is -1.84. The van der Waals surface area contributed by atoms with Crippen molar-refractivity contribution >= 4 is 16.8 Å². The van der Waals surface area contributed by atoms with Crippen molar-refractivity contribution in [2.24, 2.45) is 0 Å². The molecule has 0 aromatic heterocycles. The normalized spacial score (nSPS) is 10.6. The van der Waals surface area contributed by atoms with E-state index in [0.29, 0.717) is 0 Å². The minimum Gasteiger partial charge on any atom is -0.0985 e. The Morgan fingerprint density at radius 1 is 0.895 bits per heavy atom. The Kier molecular flexibility index (Phi) is 2.92. The van der Waals surface area contributed by atoms with Crippen LogP contribution in [-0.2, 0) is 0 Å². The van der Waals surface area contributed by atoms with Gasteiger partial charge in [-0.15, -0.1) is 0 Å². The summed E-state index contributed by atoms with van der Waals surface area (Å²) < 4.78 is 0. The fourth-order valence-electron chi connectivity index (χ4n) is 2.42. The van der Waals surface area contributed by atoms with Gasteiger partial charge in [0.1, 0.15) is 0 Å². The van der Waals surface area contributed by atoms with Crippen molar-refractivity contribution in [2.75, 3.05) is 0 Å². The minimum absolute atomic E-state index is 1.16. The molecule has 3 aromatic carbocycles. The molecule has 19 heavy (non-hydrogen) atoms. The second-order valence-corrected chi connectivity index (χ2v) is 4.86. The molecule has 0 atom stereocenters. The fraction of sp³-hybridized carbons (Fsp3) is 0.0526. The third-order valence-electron chi connectivity index (χ3n) is 3.48. The van der Waals surface area contributed by atoms with Crippen molar-refractivity contribution in [2.45, 2.75) is 6.92 Å². The number of hydrogen-bond donors (Lipinski definition) is 0. The molecule has 0 bridgehead atoms. The van der Waals surface area contributed by atoms with Gasteiger partial charge in [-0.25, -0.2) is 0 Å². The van der Waals surface area contributed by atoms with Crippen molar-refractivity contribution in [3.63, 3.8) is 0 Å². The Morgan fingerprint density at radius 2 is 1.63 bits per heavy atom. The zero-order chi connectivity index (χ0) is 13.2. The molecule has 0 fully saturated rings. The average molecular weight is 244 g/mol. The van der Waals surface area contributed by atoms with Crippen LogP contribution in [0, 0.1) is 6.92 Å². The summed E-state index contributed by atoms with van der Waals surface area (Å²) in [6, 6.07) is 21.6. The Morgan fingerprint density at radius 3 is 2.37 bits per heavy atom. The zero-order valence-electron chi connectivity index (χ0n) is 11.1. The molecule has 0 heterocycles. The van der Waals surface area contributed by atoms with Crippen LogP contribution in [0.25, 0.3) is 28.0 Å². The fourth-order valence-corrected chi connectivity index (χ4v) is 2.42. The van der Waals surface area contributed by atoms with Gasteiger partial charge in [0.2, 0.25) is 0 Å². The maximum atomic E-state index is 3.89. The summed E-state index contributed by atoms with van der Waals surface area (Å²) in [6.07, 6.45) is 1.91. The number of hydrogen-bond acceptors (Lipinski definition) is 0. The van der Waals surface area contributed by atoms with E-state index < -0.39 is 0 Å². The quantitative estimate of drug-likeness (QED) is 0.561. The molecule has 0 heteroatoms. The van der Waals surface area contributed by atoms with E-state index >= 15 is 0 Å². The molecule has 0 aliphatic rings. The minimum atomic E-state index is 1.16. The van der Waals surface area contributed by atoms with Gasteiger partial charge in [0.25, 0.3) is 0 Å². The van der Waals surface area contributed by atoms with Crippen molar-refractivity contribution in [3.05, 3.63) is 78.4 Å². The van der Waals surface area contributed by atoms with Gasteiger partial charge in [-0.3, -0.25) is 0 Å². The van der Waals surface area contributed by atoms with Crippen LogP contribution in [0.1, 0.15) is 11.1 Å². The highest BCUT2D eigenvalue weighted by Gasteiger charge is 2.05. The zero-order valence-corrected chi connectivity index (χ0v) is 11.1. The van der Waals surface area contributed by atoms with Gasteiger partial charge < -0.3 is 0 Å². The van der Waals surface area contributed by atoms with E-state index in [2.05, 4.69) is 74.2 Å². The van der Waals surface area contributed by atoms with Crippen LogP contribution in [0.5, 0.6) is 0 Å². The molecule has 0 unspecified atom stereocenters. The van der Waals surface area contributed by atoms with E-state index in [0.717, 1.165) is 5.56 Å². The molecule has 3 aromatic rings. The highest BCUT2D eigenvalue weighted by Crippen LogP contribution is 2.30. The Hall–Kier alpha value is -2.34. The molecule has 0 radical (unpaired) electrons. The summed E-state index contributed by atoms with van der Waals surface area (Å²) >= 11 is 0. The van der Waals surface area contributed by atoms with Crippen molar-refractivity contribution in [3.8, 4) is 11.1 Å². The van der Waals surface area contributed by atoms with Crippen LogP contribution in [-0.4, -0.2) is 0 Å². The Labute approximate surface area is 114 Å². The molecule has 0 aliphatic carbocycles. The lowest BCUT2D eigenvalue weighted by molar-refractivity contribution is 1.47. The maximum absolute atomic E-state index is 3.89. The van der Waals surface area contributed by atoms with Gasteiger partial charge >= 0.3 is 0 Å². The molecule has 0 saturated carbocycles. The van der Waals surface area contributed by atoms with Gasteiger partial charge in [0.15, 0.2) is 0 Å². The molecule has 0 spiro atoms. The number of benzene rings is 3. The van der Waals surface area contributed by atoms with E-state index in [-0.39, 0.29) is 0 Å². The first-order chi connectivity index (χ1) is 9.28. The second kappa shape index (κ2) is 4.74. The third kappa shape index (κ3) is 2.17. The largest absolute Gasteiger partial charge is 0.0985 e. The average Bonchev–Trinajstić information content (AvgIpc) is 2.47. The molecular formula is C19H16. The molecule has 0 saturated heterocycles. The summed E-state index contributed by atoms with van der Waals surface area (Å²) in [5.41, 5.74) is 4.97. The first-order valence-electron chi connectivity index (χ1n) is 6.50. The van der Waals surface area contributed by atoms with Crippen LogP contribution in [0.15, 0.2) is 67.2 Å². The van der Waals surface area contributed by atoms with Crippen LogP contribution in [0.4, 0.5) is 0 Å². The number of aryl methyl sites for hydroxylation is 1. The lowest BCUT2D eigenvalue weighted by Gasteiger charge is -2.09. The monoisotopic (exact) mass is 244 g/mol. The van der Waals surface area contributed by atoms with E-state index in [1.165, 1.54) is 27.5 Å².